The van der Waals surface area contributed by atoms with Crippen LogP contribution in [0.2, 0.25) is 0 Å². The van der Waals surface area contributed by atoms with Gasteiger partial charge >= 0.3 is 11.9 Å². The van der Waals surface area contributed by atoms with Crippen molar-refractivity contribution in [3.05, 3.63) is 0 Å². The van der Waals surface area contributed by atoms with E-state index in [4.69, 9.17) is 14.2 Å². The van der Waals surface area contributed by atoms with E-state index in [2.05, 4.69) is 0 Å². The first-order valence-electron chi connectivity index (χ1n) is 7.07. The molecule has 0 N–H and O–H groups in total. The van der Waals surface area contributed by atoms with Crippen LogP contribution < -0.4 is 0 Å². The standard InChI is InChI=1S/C14H24O5/c1-3-17-12(15)6-9-14(8-5-11-19-14)10-7-13(16)18-4-2/h3-11H2,1-2H3. The van der Waals surface area contributed by atoms with E-state index in [0.717, 1.165) is 12.8 Å². The van der Waals surface area contributed by atoms with Crippen LogP contribution in [0.4, 0.5) is 0 Å². The van der Waals surface area contributed by atoms with Gasteiger partial charge in [-0.1, -0.05) is 0 Å². The second-order valence-corrected chi connectivity index (χ2v) is 4.75. The number of ether oxygens (including phenoxy) is 3. The fourth-order valence-corrected chi connectivity index (χ4v) is 2.40. The Bertz CT molecular complexity index is 270. The van der Waals surface area contributed by atoms with E-state index in [0.29, 0.717) is 45.5 Å². The molecule has 19 heavy (non-hydrogen) atoms. The lowest BCUT2D eigenvalue weighted by molar-refractivity contribution is -0.146. The quantitative estimate of drug-likeness (QED) is 0.634. The summed E-state index contributed by atoms with van der Waals surface area (Å²) in [6.45, 7) is 5.08. The lowest BCUT2D eigenvalue weighted by Crippen LogP contribution is -2.30. The highest BCUT2D eigenvalue weighted by Crippen LogP contribution is 2.35. The van der Waals surface area contributed by atoms with Crippen LogP contribution >= 0.6 is 0 Å². The first-order valence-corrected chi connectivity index (χ1v) is 7.07. The van der Waals surface area contributed by atoms with Gasteiger partial charge in [-0.15, -0.1) is 0 Å². The van der Waals surface area contributed by atoms with Gasteiger partial charge in [0.25, 0.3) is 0 Å². The van der Waals surface area contributed by atoms with Gasteiger partial charge in [0.15, 0.2) is 0 Å². The Kier molecular flexibility index (Phi) is 6.84. The number of esters is 2. The number of hydrogen-bond acceptors (Lipinski definition) is 5. The minimum Gasteiger partial charge on any atom is -0.466 e. The van der Waals surface area contributed by atoms with E-state index in [9.17, 15) is 9.59 Å². The molecule has 5 nitrogen and oxygen atoms in total. The first-order chi connectivity index (χ1) is 9.12. The monoisotopic (exact) mass is 272 g/mol. The average molecular weight is 272 g/mol. The largest absolute Gasteiger partial charge is 0.466 e. The van der Waals surface area contributed by atoms with E-state index in [1.165, 1.54) is 0 Å². The lowest BCUT2D eigenvalue weighted by Gasteiger charge is -2.27. The minimum absolute atomic E-state index is 0.200. The number of carbonyl (C=O) groups excluding carboxylic acids is 2. The van der Waals surface area contributed by atoms with Crippen LogP contribution in [0.1, 0.15) is 52.4 Å². The maximum absolute atomic E-state index is 11.4. The minimum atomic E-state index is -0.348. The van der Waals surface area contributed by atoms with E-state index in [1.807, 2.05) is 0 Å². The molecule has 0 saturated carbocycles. The molecule has 1 rings (SSSR count). The predicted octanol–water partition coefficient (Wildman–Crippen LogP) is 2.22. The van der Waals surface area contributed by atoms with Crippen LogP contribution in [0.3, 0.4) is 0 Å². The highest BCUT2D eigenvalue weighted by molar-refractivity contribution is 5.70. The molecule has 5 heteroatoms. The average Bonchev–Trinajstić information content (AvgIpc) is 2.84. The molecule has 0 aromatic carbocycles. The van der Waals surface area contributed by atoms with Crippen LogP contribution in [-0.2, 0) is 23.8 Å². The molecular formula is C14H24O5. The normalized spacial score (nSPS) is 17.2. The van der Waals surface area contributed by atoms with Gasteiger partial charge in [-0.2, -0.15) is 0 Å². The molecule has 0 spiro atoms. The molecular weight excluding hydrogens is 248 g/mol. The van der Waals surface area contributed by atoms with Crippen molar-refractivity contribution in [2.75, 3.05) is 19.8 Å². The van der Waals surface area contributed by atoms with Crippen molar-refractivity contribution < 1.29 is 23.8 Å². The second-order valence-electron chi connectivity index (χ2n) is 4.75. The summed E-state index contributed by atoms with van der Waals surface area (Å²) in [6, 6.07) is 0. The molecule has 0 radical (unpaired) electrons. The van der Waals surface area contributed by atoms with Crippen molar-refractivity contribution in [2.45, 2.75) is 58.0 Å². The Labute approximate surface area is 114 Å². The second kappa shape index (κ2) is 8.15. The predicted molar refractivity (Wildman–Crippen MR) is 69.7 cm³/mol. The smallest absolute Gasteiger partial charge is 0.305 e. The summed E-state index contributed by atoms with van der Waals surface area (Å²) in [5.74, 6) is -0.401. The Morgan fingerprint density at radius 2 is 1.58 bits per heavy atom. The van der Waals surface area contributed by atoms with Gasteiger partial charge in [-0.3, -0.25) is 9.59 Å². The molecule has 0 unspecified atom stereocenters. The number of hydrogen-bond donors (Lipinski definition) is 0. The molecule has 0 atom stereocenters. The summed E-state index contributed by atoms with van der Waals surface area (Å²) < 4.78 is 15.6. The zero-order valence-electron chi connectivity index (χ0n) is 11.9. The van der Waals surface area contributed by atoms with Gasteiger partial charge < -0.3 is 14.2 Å². The molecule has 1 fully saturated rings. The molecule has 0 aliphatic carbocycles. The van der Waals surface area contributed by atoms with E-state index >= 15 is 0 Å². The van der Waals surface area contributed by atoms with E-state index in [-0.39, 0.29) is 17.5 Å². The van der Waals surface area contributed by atoms with Crippen molar-refractivity contribution in [2.24, 2.45) is 0 Å². The van der Waals surface area contributed by atoms with Crippen LogP contribution in [0, 0.1) is 0 Å². The summed E-state index contributed by atoms with van der Waals surface area (Å²) in [6.07, 6.45) is 3.79. The lowest BCUT2D eigenvalue weighted by atomic mass is 9.89. The van der Waals surface area contributed by atoms with E-state index < -0.39 is 0 Å². The van der Waals surface area contributed by atoms with Crippen molar-refractivity contribution >= 4 is 11.9 Å². The summed E-state index contributed by atoms with van der Waals surface area (Å²) in [5.41, 5.74) is -0.348. The van der Waals surface area contributed by atoms with Crippen LogP contribution in [-0.4, -0.2) is 37.4 Å². The third-order valence-corrected chi connectivity index (χ3v) is 3.37. The van der Waals surface area contributed by atoms with Crippen LogP contribution in [0.15, 0.2) is 0 Å². The Hall–Kier alpha value is -1.10. The molecule has 0 aromatic heterocycles. The summed E-state index contributed by atoms with van der Waals surface area (Å²) >= 11 is 0. The maximum atomic E-state index is 11.4. The number of rotatable bonds is 8. The molecule has 0 aromatic rings. The van der Waals surface area contributed by atoms with Gasteiger partial charge in [-0.05, 0) is 39.5 Å². The van der Waals surface area contributed by atoms with Gasteiger partial charge in [0.05, 0.1) is 18.8 Å². The van der Waals surface area contributed by atoms with Gasteiger partial charge in [0.1, 0.15) is 0 Å². The Morgan fingerprint density at radius 3 is 1.95 bits per heavy atom. The zero-order chi connectivity index (χ0) is 14.1. The van der Waals surface area contributed by atoms with Gasteiger partial charge in [0.2, 0.25) is 0 Å². The highest BCUT2D eigenvalue weighted by atomic mass is 16.5. The van der Waals surface area contributed by atoms with Gasteiger partial charge in [0, 0.05) is 19.4 Å². The van der Waals surface area contributed by atoms with Crippen molar-refractivity contribution in [3.8, 4) is 0 Å². The van der Waals surface area contributed by atoms with E-state index in [1.54, 1.807) is 13.8 Å². The first kappa shape index (κ1) is 16.0. The van der Waals surface area contributed by atoms with Crippen molar-refractivity contribution in [3.63, 3.8) is 0 Å². The molecule has 1 aliphatic heterocycles. The van der Waals surface area contributed by atoms with Gasteiger partial charge in [-0.25, -0.2) is 0 Å². The maximum Gasteiger partial charge on any atom is 0.305 e. The molecule has 1 heterocycles. The van der Waals surface area contributed by atoms with Crippen molar-refractivity contribution in [1.29, 1.82) is 0 Å². The van der Waals surface area contributed by atoms with Crippen LogP contribution in [0.5, 0.6) is 0 Å². The molecule has 0 bridgehead atoms. The Morgan fingerprint density at radius 1 is 1.05 bits per heavy atom. The highest BCUT2D eigenvalue weighted by Gasteiger charge is 2.35. The fraction of sp³-hybridized carbons (Fsp3) is 0.857. The topological polar surface area (TPSA) is 61.8 Å². The third kappa shape index (κ3) is 5.59. The molecule has 1 saturated heterocycles. The Balaban J connectivity index is 2.41. The fourth-order valence-electron chi connectivity index (χ4n) is 2.40. The number of carbonyl (C=O) groups is 2. The third-order valence-electron chi connectivity index (χ3n) is 3.37. The molecule has 0 amide bonds. The molecule has 110 valence electrons. The van der Waals surface area contributed by atoms with Crippen molar-refractivity contribution in [1.82, 2.24) is 0 Å². The zero-order valence-corrected chi connectivity index (χ0v) is 11.9. The summed E-state index contributed by atoms with van der Waals surface area (Å²) in [7, 11) is 0. The summed E-state index contributed by atoms with van der Waals surface area (Å²) in [4.78, 5) is 22.8. The SMILES string of the molecule is CCOC(=O)CCC1(CCC(=O)OCC)CCCO1. The van der Waals surface area contributed by atoms with Crippen LogP contribution in [0.25, 0.3) is 0 Å². The molecule has 1 aliphatic rings. The summed E-state index contributed by atoms with van der Waals surface area (Å²) in [5, 5.41) is 0.